The van der Waals surface area contributed by atoms with Crippen LogP contribution in [0.15, 0.2) is 18.2 Å². The van der Waals surface area contributed by atoms with Gasteiger partial charge in [-0.3, -0.25) is 19.6 Å². The first-order valence-electron chi connectivity index (χ1n) is 7.30. The summed E-state index contributed by atoms with van der Waals surface area (Å²) in [6.07, 6.45) is 0.904. The van der Waals surface area contributed by atoms with E-state index in [4.69, 9.17) is 0 Å². The number of amides is 2. The Morgan fingerprint density at radius 3 is 2.76 bits per heavy atom. The summed E-state index contributed by atoms with van der Waals surface area (Å²) in [7, 11) is 0. The van der Waals surface area contributed by atoms with E-state index in [1.54, 1.807) is 0 Å². The van der Waals surface area contributed by atoms with Crippen LogP contribution in [0, 0.1) is 6.92 Å². The van der Waals surface area contributed by atoms with Gasteiger partial charge < -0.3 is 0 Å². The van der Waals surface area contributed by atoms with E-state index in [0.29, 0.717) is 12.8 Å². The Bertz CT molecular complexity index is 730. The lowest BCUT2D eigenvalue weighted by Gasteiger charge is -2.19. The van der Waals surface area contributed by atoms with Crippen LogP contribution >= 0.6 is 0 Å². The van der Waals surface area contributed by atoms with Crippen molar-refractivity contribution in [3.8, 4) is 0 Å². The number of hydrogen-bond donors (Lipinski definition) is 1. The summed E-state index contributed by atoms with van der Waals surface area (Å²) in [6, 6.07) is 6.39. The van der Waals surface area contributed by atoms with Crippen molar-refractivity contribution in [3.05, 3.63) is 29.5 Å². The van der Waals surface area contributed by atoms with Gasteiger partial charge in [-0.1, -0.05) is 11.6 Å². The lowest BCUT2D eigenvalue weighted by molar-refractivity contribution is -0.134. The number of imide groups is 1. The SMILES string of the molecule is Cc1ccc2c(c1)c(C1CCC(=O)NC1=O)nn2C(C)C. The van der Waals surface area contributed by atoms with E-state index in [2.05, 4.69) is 36.4 Å². The number of fused-ring (bicyclic) bond motifs is 1. The number of piperidine rings is 1. The first kappa shape index (κ1) is 13.8. The summed E-state index contributed by atoms with van der Waals surface area (Å²) in [6.45, 7) is 6.17. The first-order valence-corrected chi connectivity index (χ1v) is 7.30. The van der Waals surface area contributed by atoms with E-state index in [9.17, 15) is 9.59 Å². The van der Waals surface area contributed by atoms with E-state index >= 15 is 0 Å². The van der Waals surface area contributed by atoms with Crippen LogP contribution in [0.2, 0.25) is 0 Å². The first-order chi connectivity index (χ1) is 9.97. The summed E-state index contributed by atoms with van der Waals surface area (Å²) in [5.74, 6) is -0.768. The molecule has 0 spiro atoms. The third-order valence-corrected chi connectivity index (χ3v) is 3.95. The molecular weight excluding hydrogens is 266 g/mol. The number of carbonyl (C=O) groups is 2. The predicted molar refractivity (Wildman–Crippen MR) is 80.0 cm³/mol. The monoisotopic (exact) mass is 285 g/mol. The highest BCUT2D eigenvalue weighted by Crippen LogP contribution is 2.32. The molecule has 1 fully saturated rings. The van der Waals surface area contributed by atoms with Gasteiger partial charge in [0.05, 0.1) is 17.1 Å². The highest BCUT2D eigenvalue weighted by molar-refractivity contribution is 6.02. The van der Waals surface area contributed by atoms with Gasteiger partial charge >= 0.3 is 0 Å². The van der Waals surface area contributed by atoms with E-state index in [1.807, 2.05) is 17.7 Å². The smallest absolute Gasteiger partial charge is 0.235 e. The van der Waals surface area contributed by atoms with Gasteiger partial charge in [-0.15, -0.1) is 0 Å². The molecule has 1 atom stereocenters. The molecule has 1 aliphatic rings. The zero-order chi connectivity index (χ0) is 15.1. The van der Waals surface area contributed by atoms with Gasteiger partial charge in [-0.05, 0) is 39.3 Å². The minimum Gasteiger partial charge on any atom is -0.296 e. The molecule has 1 unspecified atom stereocenters. The fourth-order valence-electron chi connectivity index (χ4n) is 2.88. The minimum absolute atomic E-state index is 0.194. The van der Waals surface area contributed by atoms with Crippen molar-refractivity contribution >= 4 is 22.7 Å². The number of hydrogen-bond acceptors (Lipinski definition) is 3. The number of aromatic nitrogens is 2. The number of rotatable bonds is 2. The number of nitrogens with one attached hydrogen (secondary N) is 1. The Balaban J connectivity index is 2.15. The molecule has 21 heavy (non-hydrogen) atoms. The Morgan fingerprint density at radius 2 is 2.10 bits per heavy atom. The molecule has 1 aromatic carbocycles. The summed E-state index contributed by atoms with van der Waals surface area (Å²) in [5.41, 5.74) is 2.96. The molecular formula is C16H19N3O2. The molecule has 2 amide bonds. The standard InChI is InChI=1S/C16H19N3O2/c1-9(2)19-13-6-4-10(3)8-12(13)15(18-19)11-5-7-14(20)17-16(11)21/h4,6,8-9,11H,5,7H2,1-3H3,(H,17,20,21). The molecule has 0 radical (unpaired) electrons. The minimum atomic E-state index is -0.341. The van der Waals surface area contributed by atoms with E-state index < -0.39 is 0 Å². The van der Waals surface area contributed by atoms with E-state index in [0.717, 1.165) is 22.2 Å². The molecule has 0 bridgehead atoms. The number of nitrogens with zero attached hydrogens (tertiary/aromatic N) is 2. The van der Waals surface area contributed by atoms with Crippen LogP contribution in [0.5, 0.6) is 0 Å². The van der Waals surface area contributed by atoms with Gasteiger partial charge in [-0.2, -0.15) is 5.10 Å². The Labute approximate surface area is 123 Å². The van der Waals surface area contributed by atoms with Crippen molar-refractivity contribution in [3.63, 3.8) is 0 Å². The van der Waals surface area contributed by atoms with Crippen molar-refractivity contribution in [1.29, 1.82) is 0 Å². The van der Waals surface area contributed by atoms with Crippen molar-refractivity contribution < 1.29 is 9.59 Å². The topological polar surface area (TPSA) is 64.0 Å². The third-order valence-electron chi connectivity index (χ3n) is 3.95. The Morgan fingerprint density at radius 1 is 1.33 bits per heavy atom. The number of aryl methyl sites for hydroxylation is 1. The maximum absolute atomic E-state index is 12.1. The van der Waals surface area contributed by atoms with Crippen molar-refractivity contribution in [2.24, 2.45) is 0 Å². The third kappa shape index (κ3) is 2.33. The molecule has 0 aliphatic carbocycles. The van der Waals surface area contributed by atoms with Crippen LogP contribution in [0.4, 0.5) is 0 Å². The number of carbonyl (C=O) groups excluding carboxylic acids is 2. The zero-order valence-electron chi connectivity index (χ0n) is 12.5. The number of benzene rings is 1. The second-order valence-electron chi connectivity index (χ2n) is 5.95. The van der Waals surface area contributed by atoms with Gasteiger partial charge in [0.1, 0.15) is 0 Å². The molecule has 5 nitrogen and oxygen atoms in total. The van der Waals surface area contributed by atoms with Gasteiger partial charge in [-0.25, -0.2) is 0 Å². The fourth-order valence-corrected chi connectivity index (χ4v) is 2.88. The molecule has 1 aromatic heterocycles. The van der Waals surface area contributed by atoms with Gasteiger partial charge in [0, 0.05) is 17.8 Å². The lowest BCUT2D eigenvalue weighted by Crippen LogP contribution is -2.39. The van der Waals surface area contributed by atoms with Crippen LogP contribution in [0.1, 0.15) is 49.9 Å². The van der Waals surface area contributed by atoms with Crippen molar-refractivity contribution in [1.82, 2.24) is 15.1 Å². The Hall–Kier alpha value is -2.17. The molecule has 2 heterocycles. The normalized spacial score (nSPS) is 19.3. The maximum atomic E-state index is 12.1. The molecule has 2 aromatic rings. The molecule has 0 saturated carbocycles. The molecule has 1 N–H and O–H groups in total. The average Bonchev–Trinajstić information content (AvgIpc) is 2.77. The predicted octanol–water partition coefficient (Wildman–Crippen LogP) is 2.45. The highest BCUT2D eigenvalue weighted by Gasteiger charge is 2.32. The molecule has 110 valence electrons. The largest absolute Gasteiger partial charge is 0.296 e. The average molecular weight is 285 g/mol. The van der Waals surface area contributed by atoms with Gasteiger partial charge in [0.2, 0.25) is 11.8 Å². The quantitative estimate of drug-likeness (QED) is 0.862. The van der Waals surface area contributed by atoms with E-state index in [1.165, 1.54) is 0 Å². The highest BCUT2D eigenvalue weighted by atomic mass is 16.2. The zero-order valence-corrected chi connectivity index (χ0v) is 12.5. The van der Waals surface area contributed by atoms with Crippen LogP contribution in [0.3, 0.4) is 0 Å². The molecule has 1 saturated heterocycles. The van der Waals surface area contributed by atoms with Crippen LogP contribution < -0.4 is 5.32 Å². The molecule has 3 rings (SSSR count). The van der Waals surface area contributed by atoms with Crippen LogP contribution in [0.25, 0.3) is 10.9 Å². The van der Waals surface area contributed by atoms with Gasteiger partial charge in [0.15, 0.2) is 0 Å². The van der Waals surface area contributed by atoms with E-state index in [-0.39, 0.29) is 23.8 Å². The van der Waals surface area contributed by atoms with Crippen molar-refractivity contribution in [2.75, 3.05) is 0 Å². The maximum Gasteiger partial charge on any atom is 0.235 e. The van der Waals surface area contributed by atoms with Gasteiger partial charge in [0.25, 0.3) is 0 Å². The summed E-state index contributed by atoms with van der Waals surface area (Å²) < 4.78 is 1.95. The van der Waals surface area contributed by atoms with Crippen LogP contribution in [-0.2, 0) is 9.59 Å². The lowest BCUT2D eigenvalue weighted by atomic mass is 9.92. The second-order valence-corrected chi connectivity index (χ2v) is 5.95. The molecule has 5 heteroatoms. The summed E-state index contributed by atoms with van der Waals surface area (Å²) >= 11 is 0. The van der Waals surface area contributed by atoms with Crippen LogP contribution in [-0.4, -0.2) is 21.6 Å². The summed E-state index contributed by atoms with van der Waals surface area (Å²) in [4.78, 5) is 23.5. The van der Waals surface area contributed by atoms with Crippen molar-refractivity contribution in [2.45, 2.75) is 45.6 Å². The molecule has 1 aliphatic heterocycles. The summed E-state index contributed by atoms with van der Waals surface area (Å²) in [5, 5.41) is 8.10. The second kappa shape index (κ2) is 4.98. The fraction of sp³-hybridized carbons (Fsp3) is 0.438. The Kier molecular flexibility index (Phi) is 3.27.